The Labute approximate surface area is 196 Å². The molecule has 5 rings (SSSR count). The van der Waals surface area contributed by atoms with Crippen molar-refractivity contribution < 1.29 is 13.5 Å². The lowest BCUT2D eigenvalue weighted by molar-refractivity contribution is 0.126. The smallest absolute Gasteiger partial charge is 0.165 e. The van der Waals surface area contributed by atoms with Gasteiger partial charge in [0.2, 0.25) is 0 Å². The molecule has 0 unspecified atom stereocenters. The summed E-state index contributed by atoms with van der Waals surface area (Å²) in [6.07, 6.45) is 9.36. The van der Waals surface area contributed by atoms with Crippen molar-refractivity contribution >= 4 is 16.7 Å². The molecule has 1 saturated carbocycles. The van der Waals surface area contributed by atoms with Crippen LogP contribution in [0.1, 0.15) is 38.1 Å². The zero-order valence-electron chi connectivity index (χ0n) is 19.1. The minimum atomic E-state index is -0.365. The Morgan fingerprint density at radius 3 is 2.71 bits per heavy atom. The van der Waals surface area contributed by atoms with Crippen LogP contribution < -0.4 is 10.1 Å². The van der Waals surface area contributed by atoms with Gasteiger partial charge in [-0.1, -0.05) is 12.1 Å². The Morgan fingerprint density at radius 1 is 1.15 bits per heavy atom. The minimum absolute atomic E-state index is 0.0210. The van der Waals surface area contributed by atoms with E-state index in [1.165, 1.54) is 6.07 Å². The van der Waals surface area contributed by atoms with Gasteiger partial charge in [-0.25, -0.2) is 9.37 Å². The number of ether oxygens (including phenoxy) is 1. The van der Waals surface area contributed by atoms with E-state index in [1.807, 2.05) is 25.5 Å². The van der Waals surface area contributed by atoms with Crippen LogP contribution in [0.2, 0.25) is 0 Å². The number of para-hydroxylation sites is 1. The van der Waals surface area contributed by atoms with Crippen molar-refractivity contribution in [2.24, 2.45) is 7.05 Å². The summed E-state index contributed by atoms with van der Waals surface area (Å²) >= 11 is 0. The maximum absolute atomic E-state index is 14.0. The lowest BCUT2D eigenvalue weighted by Gasteiger charge is -2.29. The molecule has 1 fully saturated rings. The molecule has 7 nitrogen and oxygen atoms in total. The molecule has 1 aliphatic rings. The van der Waals surface area contributed by atoms with Crippen molar-refractivity contribution in [3.63, 3.8) is 0 Å². The number of fused-ring (bicyclic) bond motifs is 1. The quantitative estimate of drug-likeness (QED) is 0.357. The van der Waals surface area contributed by atoms with Crippen molar-refractivity contribution in [2.75, 3.05) is 18.5 Å². The Hall–Kier alpha value is -3.49. The van der Waals surface area contributed by atoms with Gasteiger partial charge < -0.3 is 10.1 Å². The number of alkyl halides is 1. The van der Waals surface area contributed by atoms with Crippen molar-refractivity contribution in [1.82, 2.24) is 24.5 Å². The third-order valence-electron chi connectivity index (χ3n) is 6.31. The van der Waals surface area contributed by atoms with Gasteiger partial charge in [0.1, 0.15) is 11.5 Å². The van der Waals surface area contributed by atoms with Crippen molar-refractivity contribution in [3.8, 4) is 17.0 Å². The fourth-order valence-electron chi connectivity index (χ4n) is 4.57. The Bertz CT molecular complexity index is 1260. The normalized spacial score (nSPS) is 18.3. The molecule has 178 valence electrons. The number of rotatable bonds is 8. The lowest BCUT2D eigenvalue weighted by Crippen LogP contribution is -2.26. The van der Waals surface area contributed by atoms with Crippen LogP contribution in [0.5, 0.6) is 5.75 Å². The molecule has 0 amide bonds. The van der Waals surface area contributed by atoms with E-state index in [4.69, 9.17) is 9.84 Å². The Morgan fingerprint density at radius 2 is 1.97 bits per heavy atom. The molecule has 0 aliphatic heterocycles. The molecule has 1 aromatic carbocycles. The maximum Gasteiger partial charge on any atom is 0.165 e. The number of aryl methyl sites for hydroxylation is 1. The predicted molar refractivity (Wildman–Crippen MR) is 127 cm³/mol. The lowest BCUT2D eigenvalue weighted by atomic mass is 9.93. The van der Waals surface area contributed by atoms with Crippen LogP contribution in [0.3, 0.4) is 0 Å². The number of halogens is 2. The predicted octanol–water partition coefficient (Wildman–Crippen LogP) is 5.31. The van der Waals surface area contributed by atoms with Gasteiger partial charge in [0.05, 0.1) is 30.5 Å². The van der Waals surface area contributed by atoms with Crippen LogP contribution in [0, 0.1) is 5.82 Å². The van der Waals surface area contributed by atoms with Gasteiger partial charge in [-0.05, 0) is 44.2 Å². The Balaban J connectivity index is 1.40. The average Bonchev–Trinajstić information content (AvgIpc) is 3.44. The van der Waals surface area contributed by atoms with Crippen molar-refractivity contribution in [3.05, 3.63) is 54.7 Å². The molecule has 3 heterocycles. The topological polar surface area (TPSA) is 69.8 Å². The van der Waals surface area contributed by atoms with Gasteiger partial charge in [-0.3, -0.25) is 13.8 Å². The van der Waals surface area contributed by atoms with Crippen LogP contribution in [0.4, 0.5) is 14.6 Å². The molecule has 0 spiro atoms. The van der Waals surface area contributed by atoms with E-state index in [0.29, 0.717) is 24.5 Å². The summed E-state index contributed by atoms with van der Waals surface area (Å²) in [4.78, 5) is 4.53. The van der Waals surface area contributed by atoms with Crippen LogP contribution >= 0.6 is 0 Å². The van der Waals surface area contributed by atoms with Gasteiger partial charge in [0.15, 0.2) is 11.6 Å². The number of hydrogen-bond donors (Lipinski definition) is 1. The molecule has 0 saturated heterocycles. The highest BCUT2D eigenvalue weighted by molar-refractivity contribution is 5.93. The van der Waals surface area contributed by atoms with Gasteiger partial charge in [0, 0.05) is 43.0 Å². The SMILES string of the molecule is Cn1cc(-c2nn(C3CCC(Oc4ccccc4F)CC3)c3cc(NCCCF)ncc23)cn1. The fourth-order valence-corrected chi connectivity index (χ4v) is 4.57. The summed E-state index contributed by atoms with van der Waals surface area (Å²) in [5.41, 5.74) is 2.76. The second-order valence-electron chi connectivity index (χ2n) is 8.73. The molecule has 0 bridgehead atoms. The van der Waals surface area contributed by atoms with Gasteiger partial charge in [0.25, 0.3) is 0 Å². The molecule has 0 atom stereocenters. The van der Waals surface area contributed by atoms with E-state index in [1.54, 1.807) is 29.1 Å². The van der Waals surface area contributed by atoms with E-state index in [2.05, 4.69) is 20.1 Å². The van der Waals surface area contributed by atoms with Gasteiger partial charge >= 0.3 is 0 Å². The van der Waals surface area contributed by atoms with Crippen LogP contribution in [-0.2, 0) is 7.05 Å². The number of benzene rings is 1. The zero-order valence-corrected chi connectivity index (χ0v) is 19.1. The highest BCUT2D eigenvalue weighted by Crippen LogP contribution is 2.36. The van der Waals surface area contributed by atoms with Gasteiger partial charge in [-0.15, -0.1) is 0 Å². The third-order valence-corrected chi connectivity index (χ3v) is 6.31. The Kier molecular flexibility index (Phi) is 6.42. The number of nitrogens with one attached hydrogen (secondary N) is 1. The van der Waals surface area contributed by atoms with E-state index in [0.717, 1.165) is 47.8 Å². The fraction of sp³-hybridized carbons (Fsp3) is 0.400. The first-order valence-electron chi connectivity index (χ1n) is 11.7. The molecule has 1 N–H and O–H groups in total. The summed E-state index contributed by atoms with van der Waals surface area (Å²) in [7, 11) is 1.88. The second-order valence-corrected chi connectivity index (χ2v) is 8.73. The molecular weight excluding hydrogens is 438 g/mol. The first-order valence-corrected chi connectivity index (χ1v) is 11.7. The molecule has 3 aromatic heterocycles. The number of anilines is 1. The highest BCUT2D eigenvalue weighted by Gasteiger charge is 2.27. The third kappa shape index (κ3) is 4.60. The zero-order chi connectivity index (χ0) is 23.5. The van der Waals surface area contributed by atoms with E-state index in [-0.39, 0.29) is 24.6 Å². The summed E-state index contributed by atoms with van der Waals surface area (Å²) in [5, 5.41) is 13.4. The molecule has 9 heteroatoms. The summed E-state index contributed by atoms with van der Waals surface area (Å²) < 4.78 is 36.3. The molecule has 1 aliphatic carbocycles. The molecule has 4 aromatic rings. The minimum Gasteiger partial charge on any atom is -0.487 e. The number of nitrogens with zero attached hydrogens (tertiary/aromatic N) is 5. The first kappa shape index (κ1) is 22.3. The van der Waals surface area contributed by atoms with Crippen LogP contribution in [-0.4, -0.2) is 43.9 Å². The standard InChI is InChI=1S/C25H28F2N6O/c1-32-16-17(14-30-32)25-20-15-29-24(28-12-4-11-26)13-22(20)33(31-25)18-7-9-19(10-8-18)34-23-6-3-2-5-21(23)27/h2-3,5-6,13-16,18-19H,4,7-12H2,1H3,(H,28,29). The number of hydrogen-bond acceptors (Lipinski definition) is 5. The molecular formula is C25H28F2N6O. The number of pyridine rings is 1. The molecule has 34 heavy (non-hydrogen) atoms. The largest absolute Gasteiger partial charge is 0.487 e. The van der Waals surface area contributed by atoms with Crippen molar-refractivity contribution in [1.29, 1.82) is 0 Å². The summed E-state index contributed by atoms with van der Waals surface area (Å²) in [5.74, 6) is 0.685. The molecule has 0 radical (unpaired) electrons. The van der Waals surface area contributed by atoms with Crippen molar-refractivity contribution in [2.45, 2.75) is 44.2 Å². The maximum atomic E-state index is 14.0. The highest BCUT2D eigenvalue weighted by atomic mass is 19.1. The summed E-state index contributed by atoms with van der Waals surface area (Å²) in [6.45, 7) is 0.160. The van der Waals surface area contributed by atoms with E-state index >= 15 is 0 Å². The first-order chi connectivity index (χ1) is 16.6. The second kappa shape index (κ2) is 9.79. The van der Waals surface area contributed by atoms with Gasteiger partial charge in [-0.2, -0.15) is 10.2 Å². The van der Waals surface area contributed by atoms with E-state index < -0.39 is 0 Å². The summed E-state index contributed by atoms with van der Waals surface area (Å²) in [6, 6.07) is 8.72. The van der Waals surface area contributed by atoms with Crippen LogP contribution in [0.15, 0.2) is 48.9 Å². The number of aromatic nitrogens is 5. The monoisotopic (exact) mass is 466 g/mol. The van der Waals surface area contributed by atoms with Crippen LogP contribution in [0.25, 0.3) is 22.2 Å². The van der Waals surface area contributed by atoms with E-state index in [9.17, 15) is 8.78 Å². The average molecular weight is 467 g/mol.